The van der Waals surface area contributed by atoms with E-state index in [9.17, 15) is 4.79 Å². The zero-order chi connectivity index (χ0) is 20.8. The number of nitrogens with one attached hydrogen (secondary N) is 1. The number of hydrogen-bond donors (Lipinski definition) is 1. The van der Waals surface area contributed by atoms with Crippen LogP contribution in [0.25, 0.3) is 5.69 Å². The highest BCUT2D eigenvalue weighted by Crippen LogP contribution is 2.38. The molecule has 30 heavy (non-hydrogen) atoms. The third-order valence-corrected chi connectivity index (χ3v) is 6.74. The third kappa shape index (κ3) is 3.51. The fourth-order valence-corrected chi connectivity index (χ4v) is 4.27. The smallest absolute Gasteiger partial charge is 0.253 e. The molecule has 5 rings (SSSR count). The molecular weight excluding hydrogens is 400 g/mol. The first kappa shape index (κ1) is 19.3. The summed E-state index contributed by atoms with van der Waals surface area (Å²) in [6.45, 7) is 5.29. The maximum atomic E-state index is 13.0. The molecule has 3 heterocycles. The van der Waals surface area contributed by atoms with E-state index in [-0.39, 0.29) is 5.91 Å². The standard InChI is InChI=1S/C22H25ClN6O/c1-13-19(23)14(2)29(27-13)18-7-5-17(6-8-18)22(30)28-11-9-16(10-12-28)21-24-20(25-26-21)15-3-4-15/h5-8,15-16H,3-4,9-12H2,1-2H3,(H,24,25,26). The summed E-state index contributed by atoms with van der Waals surface area (Å²) in [5.74, 6) is 2.93. The number of aromatic nitrogens is 5. The summed E-state index contributed by atoms with van der Waals surface area (Å²) >= 11 is 6.25. The number of carbonyl (C=O) groups is 1. The second-order valence-electron chi connectivity index (χ2n) is 8.36. The zero-order valence-electron chi connectivity index (χ0n) is 17.2. The van der Waals surface area contributed by atoms with Crippen molar-refractivity contribution in [1.82, 2.24) is 29.9 Å². The highest BCUT2D eigenvalue weighted by Gasteiger charge is 2.31. The van der Waals surface area contributed by atoms with E-state index in [1.54, 1.807) is 0 Å². The minimum atomic E-state index is 0.0719. The Labute approximate surface area is 180 Å². The molecule has 1 aromatic carbocycles. The maximum absolute atomic E-state index is 13.0. The first-order valence-electron chi connectivity index (χ1n) is 10.5. The van der Waals surface area contributed by atoms with Crippen LogP contribution in [-0.2, 0) is 0 Å². The van der Waals surface area contributed by atoms with Gasteiger partial charge in [0, 0.05) is 30.5 Å². The number of aryl methyl sites for hydroxylation is 1. The summed E-state index contributed by atoms with van der Waals surface area (Å²) in [5.41, 5.74) is 3.29. The molecule has 1 saturated carbocycles. The summed E-state index contributed by atoms with van der Waals surface area (Å²) < 4.78 is 1.81. The van der Waals surface area contributed by atoms with Gasteiger partial charge in [0.2, 0.25) is 0 Å². The van der Waals surface area contributed by atoms with E-state index in [0.29, 0.717) is 22.4 Å². The number of benzene rings is 1. The molecule has 1 amide bonds. The Balaban J connectivity index is 1.23. The van der Waals surface area contributed by atoms with Crippen LogP contribution in [0.2, 0.25) is 5.02 Å². The molecule has 1 aliphatic carbocycles. The molecule has 0 spiro atoms. The summed E-state index contributed by atoms with van der Waals surface area (Å²) in [6, 6.07) is 7.58. The molecule has 2 aromatic heterocycles. The highest BCUT2D eigenvalue weighted by atomic mass is 35.5. The number of aromatic amines is 1. The summed E-state index contributed by atoms with van der Waals surface area (Å²) in [5, 5.41) is 12.6. The van der Waals surface area contributed by atoms with E-state index in [0.717, 1.165) is 54.7 Å². The van der Waals surface area contributed by atoms with Crippen molar-refractivity contribution >= 4 is 17.5 Å². The van der Waals surface area contributed by atoms with Crippen LogP contribution in [0.1, 0.15) is 70.9 Å². The molecule has 156 valence electrons. The van der Waals surface area contributed by atoms with E-state index >= 15 is 0 Å². The van der Waals surface area contributed by atoms with Gasteiger partial charge in [-0.2, -0.15) is 10.2 Å². The lowest BCUT2D eigenvalue weighted by Gasteiger charge is -2.31. The lowest BCUT2D eigenvalue weighted by molar-refractivity contribution is 0.0711. The molecule has 0 unspecified atom stereocenters. The minimum Gasteiger partial charge on any atom is -0.339 e. The zero-order valence-corrected chi connectivity index (χ0v) is 18.0. The van der Waals surface area contributed by atoms with Crippen LogP contribution in [0.3, 0.4) is 0 Å². The Morgan fingerprint density at radius 3 is 2.37 bits per heavy atom. The topological polar surface area (TPSA) is 79.7 Å². The molecule has 8 heteroatoms. The Hall–Kier alpha value is -2.67. The molecule has 2 fully saturated rings. The van der Waals surface area contributed by atoms with Crippen LogP contribution in [0.5, 0.6) is 0 Å². The van der Waals surface area contributed by atoms with Crippen molar-refractivity contribution in [3.63, 3.8) is 0 Å². The van der Waals surface area contributed by atoms with Gasteiger partial charge in [-0.25, -0.2) is 9.67 Å². The monoisotopic (exact) mass is 424 g/mol. The van der Waals surface area contributed by atoms with Crippen LogP contribution >= 0.6 is 11.6 Å². The fraction of sp³-hybridized carbons (Fsp3) is 0.455. The molecule has 0 radical (unpaired) electrons. The van der Waals surface area contributed by atoms with Gasteiger partial charge in [0.1, 0.15) is 5.82 Å². The van der Waals surface area contributed by atoms with Gasteiger partial charge in [-0.3, -0.25) is 9.89 Å². The SMILES string of the molecule is Cc1nn(-c2ccc(C(=O)N3CCC(c4nc(C5CC5)n[nH]4)CC3)cc2)c(C)c1Cl. The average molecular weight is 425 g/mol. The largest absolute Gasteiger partial charge is 0.339 e. The number of nitrogens with zero attached hydrogens (tertiary/aromatic N) is 5. The first-order valence-corrected chi connectivity index (χ1v) is 10.9. The van der Waals surface area contributed by atoms with E-state index in [2.05, 4.69) is 20.3 Å². The molecule has 0 atom stereocenters. The van der Waals surface area contributed by atoms with Gasteiger partial charge in [-0.05, 0) is 63.8 Å². The Morgan fingerprint density at radius 2 is 1.77 bits per heavy atom. The quantitative estimate of drug-likeness (QED) is 0.682. The number of hydrogen-bond acceptors (Lipinski definition) is 4. The number of amides is 1. The minimum absolute atomic E-state index is 0.0719. The summed E-state index contributed by atoms with van der Waals surface area (Å²) in [4.78, 5) is 19.6. The summed E-state index contributed by atoms with van der Waals surface area (Å²) in [6.07, 6.45) is 4.23. The van der Waals surface area contributed by atoms with Crippen molar-refractivity contribution in [2.24, 2.45) is 0 Å². The molecule has 1 saturated heterocycles. The van der Waals surface area contributed by atoms with Crippen LogP contribution in [-0.4, -0.2) is 48.9 Å². The van der Waals surface area contributed by atoms with Crippen molar-refractivity contribution < 1.29 is 4.79 Å². The van der Waals surface area contributed by atoms with Crippen LogP contribution in [0.4, 0.5) is 0 Å². The van der Waals surface area contributed by atoms with E-state index < -0.39 is 0 Å². The molecule has 0 bridgehead atoms. The second-order valence-corrected chi connectivity index (χ2v) is 8.74. The maximum Gasteiger partial charge on any atom is 0.253 e. The Morgan fingerprint density at radius 1 is 1.07 bits per heavy atom. The van der Waals surface area contributed by atoms with Crippen LogP contribution < -0.4 is 0 Å². The normalized spacial score (nSPS) is 17.5. The lowest BCUT2D eigenvalue weighted by atomic mass is 9.95. The molecule has 3 aromatic rings. The Kier molecular flexibility index (Phi) is 4.85. The number of H-pyrrole nitrogens is 1. The first-order chi connectivity index (χ1) is 14.5. The molecule has 7 nitrogen and oxygen atoms in total. The van der Waals surface area contributed by atoms with Crippen molar-refractivity contribution in [3.05, 3.63) is 57.9 Å². The number of likely N-dealkylation sites (tertiary alicyclic amines) is 1. The number of rotatable bonds is 4. The van der Waals surface area contributed by atoms with Crippen LogP contribution in [0, 0.1) is 13.8 Å². The molecule has 2 aliphatic rings. The van der Waals surface area contributed by atoms with Crippen molar-refractivity contribution in [2.75, 3.05) is 13.1 Å². The Bertz CT molecular complexity index is 1070. The number of halogens is 1. The van der Waals surface area contributed by atoms with Crippen LogP contribution in [0.15, 0.2) is 24.3 Å². The molecule has 1 N–H and O–H groups in total. The van der Waals surface area contributed by atoms with Gasteiger partial charge >= 0.3 is 0 Å². The predicted molar refractivity (Wildman–Crippen MR) is 114 cm³/mol. The number of piperidine rings is 1. The summed E-state index contributed by atoms with van der Waals surface area (Å²) in [7, 11) is 0. The van der Waals surface area contributed by atoms with E-state index in [4.69, 9.17) is 11.6 Å². The average Bonchev–Trinajstić information content (AvgIpc) is 3.46. The van der Waals surface area contributed by atoms with Gasteiger partial charge in [0.25, 0.3) is 5.91 Å². The van der Waals surface area contributed by atoms with E-state index in [1.165, 1.54) is 12.8 Å². The highest BCUT2D eigenvalue weighted by molar-refractivity contribution is 6.31. The predicted octanol–water partition coefficient (Wildman–Crippen LogP) is 4.16. The lowest BCUT2D eigenvalue weighted by Crippen LogP contribution is -2.38. The molecule has 1 aliphatic heterocycles. The van der Waals surface area contributed by atoms with Crippen molar-refractivity contribution in [1.29, 1.82) is 0 Å². The van der Waals surface area contributed by atoms with Gasteiger partial charge in [0.15, 0.2) is 5.82 Å². The van der Waals surface area contributed by atoms with E-state index in [1.807, 2.05) is 47.7 Å². The number of carbonyl (C=O) groups excluding carboxylic acids is 1. The van der Waals surface area contributed by atoms with Gasteiger partial charge in [-0.15, -0.1) is 0 Å². The second kappa shape index (κ2) is 7.54. The molecular formula is C22H25ClN6O. The van der Waals surface area contributed by atoms with Crippen molar-refractivity contribution in [3.8, 4) is 5.69 Å². The third-order valence-electron chi connectivity index (χ3n) is 6.19. The van der Waals surface area contributed by atoms with Gasteiger partial charge in [0.05, 0.1) is 22.1 Å². The fourth-order valence-electron chi connectivity index (χ4n) is 4.15. The van der Waals surface area contributed by atoms with Gasteiger partial charge < -0.3 is 4.90 Å². The van der Waals surface area contributed by atoms with Crippen molar-refractivity contribution in [2.45, 2.75) is 51.4 Å². The van der Waals surface area contributed by atoms with Gasteiger partial charge in [-0.1, -0.05) is 11.6 Å².